The molecule has 1 rings (SSSR count). The zero-order valence-corrected chi connectivity index (χ0v) is 12.2. The normalized spacial score (nSPS) is 10.5. The predicted octanol–water partition coefficient (Wildman–Crippen LogP) is 3.07. The van der Waals surface area contributed by atoms with Crippen molar-refractivity contribution in [3.8, 4) is 0 Å². The van der Waals surface area contributed by atoms with Crippen molar-refractivity contribution < 1.29 is 14.6 Å². The van der Waals surface area contributed by atoms with Gasteiger partial charge in [-0.1, -0.05) is 25.4 Å². The molecule has 0 bridgehead atoms. The number of rotatable bonds is 6. The first kappa shape index (κ1) is 16.8. The Morgan fingerprint density at radius 3 is 2.24 bits per heavy atom. The molecule has 0 aliphatic carbocycles. The minimum atomic E-state index is -0.858. The number of carbonyl (C=O) groups excluding carboxylic acids is 1. The summed E-state index contributed by atoms with van der Waals surface area (Å²) in [5.41, 5.74) is -1.49. The van der Waals surface area contributed by atoms with Crippen LogP contribution in [0.4, 0.5) is 11.4 Å². The minimum Gasteiger partial charge on any atom is -0.349 e. The molecule has 1 amide bonds. The molecule has 0 saturated carbocycles. The van der Waals surface area contributed by atoms with Gasteiger partial charge in [0, 0.05) is 12.1 Å². The molecule has 9 heteroatoms. The number of amides is 1. The standard InChI is InChI=1S/C12H14ClN3O5/c1-3-7(4-2)14-12(17)9-5-8(15(18)19)6-10(11(9)13)16(20)21/h5-7H,3-4H2,1-2H3,(H,14,17). The van der Waals surface area contributed by atoms with E-state index in [9.17, 15) is 25.0 Å². The van der Waals surface area contributed by atoms with E-state index in [2.05, 4.69) is 5.32 Å². The Bertz CT molecular complexity index is 587. The van der Waals surface area contributed by atoms with Gasteiger partial charge in [-0.25, -0.2) is 0 Å². The van der Waals surface area contributed by atoms with Gasteiger partial charge in [0.05, 0.1) is 21.5 Å². The fraction of sp³-hybridized carbons (Fsp3) is 0.417. The number of carbonyl (C=O) groups is 1. The second-order valence-electron chi connectivity index (χ2n) is 4.33. The van der Waals surface area contributed by atoms with Gasteiger partial charge in [0.15, 0.2) is 0 Å². The van der Waals surface area contributed by atoms with Crippen molar-refractivity contribution in [3.05, 3.63) is 42.9 Å². The molecule has 0 saturated heterocycles. The molecule has 0 atom stereocenters. The van der Waals surface area contributed by atoms with Crippen LogP contribution in [0.3, 0.4) is 0 Å². The smallest absolute Gasteiger partial charge is 0.295 e. The molecule has 0 aliphatic heterocycles. The van der Waals surface area contributed by atoms with Crippen LogP contribution in [0.5, 0.6) is 0 Å². The second-order valence-corrected chi connectivity index (χ2v) is 4.71. The quantitative estimate of drug-likeness (QED) is 0.639. The van der Waals surface area contributed by atoms with Crippen molar-refractivity contribution in [2.45, 2.75) is 32.7 Å². The highest BCUT2D eigenvalue weighted by Crippen LogP contribution is 2.32. The molecule has 0 radical (unpaired) electrons. The number of nitrogens with zero attached hydrogens (tertiary/aromatic N) is 2. The lowest BCUT2D eigenvalue weighted by Crippen LogP contribution is -2.34. The molecular formula is C12H14ClN3O5. The maximum Gasteiger partial charge on any atom is 0.295 e. The summed E-state index contributed by atoms with van der Waals surface area (Å²) >= 11 is 5.82. The zero-order chi connectivity index (χ0) is 16.2. The van der Waals surface area contributed by atoms with Crippen molar-refractivity contribution in [2.24, 2.45) is 0 Å². The third-order valence-corrected chi connectivity index (χ3v) is 3.41. The molecule has 0 spiro atoms. The topological polar surface area (TPSA) is 115 Å². The van der Waals surface area contributed by atoms with Crippen LogP contribution < -0.4 is 5.32 Å². The van der Waals surface area contributed by atoms with E-state index in [1.807, 2.05) is 13.8 Å². The van der Waals surface area contributed by atoms with Crippen LogP contribution in [-0.4, -0.2) is 21.8 Å². The minimum absolute atomic E-state index is 0.133. The number of halogens is 1. The fourth-order valence-corrected chi connectivity index (χ4v) is 2.02. The Labute approximate surface area is 125 Å². The van der Waals surface area contributed by atoms with Crippen molar-refractivity contribution in [1.82, 2.24) is 5.32 Å². The number of hydrogen-bond donors (Lipinski definition) is 1. The van der Waals surface area contributed by atoms with Crippen LogP contribution in [0.25, 0.3) is 0 Å². The molecule has 0 aromatic heterocycles. The maximum atomic E-state index is 12.1. The predicted molar refractivity (Wildman–Crippen MR) is 76.6 cm³/mol. The Hall–Kier alpha value is -2.22. The van der Waals surface area contributed by atoms with Gasteiger partial charge in [-0.15, -0.1) is 0 Å². The van der Waals surface area contributed by atoms with Gasteiger partial charge < -0.3 is 5.32 Å². The molecule has 0 aliphatic rings. The van der Waals surface area contributed by atoms with Gasteiger partial charge >= 0.3 is 0 Å². The molecule has 1 aromatic carbocycles. The highest BCUT2D eigenvalue weighted by atomic mass is 35.5. The van der Waals surface area contributed by atoms with Gasteiger partial charge in [0.25, 0.3) is 17.3 Å². The van der Waals surface area contributed by atoms with Crippen LogP contribution in [0.1, 0.15) is 37.0 Å². The Kier molecular flexibility index (Phi) is 5.60. The fourth-order valence-electron chi connectivity index (χ4n) is 1.75. The molecule has 114 valence electrons. The summed E-state index contributed by atoms with van der Waals surface area (Å²) in [5.74, 6) is -0.666. The molecule has 0 unspecified atom stereocenters. The van der Waals surface area contributed by atoms with Crippen molar-refractivity contribution in [1.29, 1.82) is 0 Å². The Balaban J connectivity index is 3.30. The van der Waals surface area contributed by atoms with Crippen molar-refractivity contribution in [2.75, 3.05) is 0 Å². The van der Waals surface area contributed by atoms with Gasteiger partial charge in [0.2, 0.25) is 0 Å². The molecule has 21 heavy (non-hydrogen) atoms. The van der Waals surface area contributed by atoms with Crippen LogP contribution >= 0.6 is 11.6 Å². The zero-order valence-electron chi connectivity index (χ0n) is 11.5. The monoisotopic (exact) mass is 315 g/mol. The SMILES string of the molecule is CCC(CC)NC(=O)c1cc([N+](=O)[O-])cc([N+](=O)[O-])c1Cl. The maximum absolute atomic E-state index is 12.1. The summed E-state index contributed by atoms with van der Waals surface area (Å²) in [6, 6.07) is 1.54. The lowest BCUT2D eigenvalue weighted by molar-refractivity contribution is -0.394. The summed E-state index contributed by atoms with van der Waals surface area (Å²) in [6.45, 7) is 3.73. The van der Waals surface area contributed by atoms with Crippen LogP contribution in [0.15, 0.2) is 12.1 Å². The van der Waals surface area contributed by atoms with Crippen molar-refractivity contribution >= 4 is 28.9 Å². The van der Waals surface area contributed by atoms with Crippen LogP contribution in [0.2, 0.25) is 5.02 Å². The molecule has 0 fully saturated rings. The largest absolute Gasteiger partial charge is 0.349 e. The van der Waals surface area contributed by atoms with E-state index in [1.165, 1.54) is 0 Å². The Morgan fingerprint density at radius 1 is 1.24 bits per heavy atom. The lowest BCUT2D eigenvalue weighted by atomic mass is 10.1. The third kappa shape index (κ3) is 3.88. The van der Waals surface area contributed by atoms with Crippen LogP contribution in [-0.2, 0) is 0 Å². The van der Waals surface area contributed by atoms with E-state index >= 15 is 0 Å². The summed E-state index contributed by atoms with van der Waals surface area (Å²) in [4.78, 5) is 32.1. The first-order valence-electron chi connectivity index (χ1n) is 6.24. The van der Waals surface area contributed by atoms with E-state index in [-0.39, 0.29) is 11.6 Å². The first-order valence-corrected chi connectivity index (χ1v) is 6.62. The van der Waals surface area contributed by atoms with E-state index in [0.29, 0.717) is 12.8 Å². The van der Waals surface area contributed by atoms with E-state index in [4.69, 9.17) is 11.6 Å². The summed E-state index contributed by atoms with van der Waals surface area (Å²) < 4.78 is 0. The van der Waals surface area contributed by atoms with Gasteiger partial charge in [-0.2, -0.15) is 0 Å². The molecule has 0 heterocycles. The average Bonchev–Trinajstić information content (AvgIpc) is 2.43. The van der Waals surface area contributed by atoms with Gasteiger partial charge in [-0.3, -0.25) is 25.0 Å². The second kappa shape index (κ2) is 6.98. The molecule has 1 N–H and O–H groups in total. The van der Waals surface area contributed by atoms with Crippen LogP contribution in [0, 0.1) is 20.2 Å². The number of nitrogens with one attached hydrogen (secondary N) is 1. The van der Waals surface area contributed by atoms with E-state index < -0.39 is 32.2 Å². The number of hydrogen-bond acceptors (Lipinski definition) is 5. The number of benzene rings is 1. The highest BCUT2D eigenvalue weighted by molar-refractivity contribution is 6.36. The summed E-state index contributed by atoms with van der Waals surface area (Å²) in [6.07, 6.45) is 1.33. The lowest BCUT2D eigenvalue weighted by Gasteiger charge is -2.15. The van der Waals surface area contributed by atoms with Gasteiger partial charge in [-0.05, 0) is 12.8 Å². The summed E-state index contributed by atoms with van der Waals surface area (Å²) in [5, 5.41) is 23.9. The number of nitro groups is 2. The molecular weight excluding hydrogens is 302 g/mol. The highest BCUT2D eigenvalue weighted by Gasteiger charge is 2.26. The van der Waals surface area contributed by atoms with E-state index in [1.54, 1.807) is 0 Å². The number of non-ortho nitro benzene ring substituents is 1. The van der Waals surface area contributed by atoms with Gasteiger partial charge in [0.1, 0.15) is 5.02 Å². The average molecular weight is 316 g/mol. The number of nitro benzene ring substituents is 2. The third-order valence-electron chi connectivity index (χ3n) is 3.01. The van der Waals surface area contributed by atoms with E-state index in [0.717, 1.165) is 12.1 Å². The summed E-state index contributed by atoms with van der Waals surface area (Å²) in [7, 11) is 0. The van der Waals surface area contributed by atoms with Crippen molar-refractivity contribution in [3.63, 3.8) is 0 Å². The molecule has 8 nitrogen and oxygen atoms in total. The Morgan fingerprint density at radius 2 is 1.81 bits per heavy atom. The molecule has 1 aromatic rings. The first-order chi connectivity index (χ1) is 9.81.